The van der Waals surface area contributed by atoms with E-state index < -0.39 is 21.9 Å². The van der Waals surface area contributed by atoms with E-state index in [2.05, 4.69) is 9.46 Å². The highest BCUT2D eigenvalue weighted by Gasteiger charge is 2.14. The Morgan fingerprint density at radius 3 is 2.67 bits per heavy atom. The number of carbonyl (C=O) groups is 1. The van der Waals surface area contributed by atoms with Crippen LogP contribution in [0.4, 0.5) is 0 Å². The largest absolute Gasteiger partial charge is 0.469 e. The van der Waals surface area contributed by atoms with Crippen LogP contribution in [-0.4, -0.2) is 33.8 Å². The zero-order valence-corrected chi connectivity index (χ0v) is 9.50. The fraction of sp³-hybridized carbons (Fsp3) is 0.750. The molecule has 0 radical (unpaired) electrons. The molecule has 0 aliphatic rings. The fourth-order valence-corrected chi connectivity index (χ4v) is 1.77. The van der Waals surface area contributed by atoms with Crippen LogP contribution in [0, 0.1) is 17.2 Å². The van der Waals surface area contributed by atoms with Gasteiger partial charge in [0, 0.05) is 6.54 Å². The molecule has 7 heteroatoms. The lowest BCUT2D eigenvalue weighted by Crippen LogP contribution is -2.31. The van der Waals surface area contributed by atoms with Gasteiger partial charge in [-0.25, -0.2) is 13.1 Å². The van der Waals surface area contributed by atoms with Crippen molar-refractivity contribution in [3.63, 3.8) is 0 Å². The van der Waals surface area contributed by atoms with Gasteiger partial charge in [-0.15, -0.1) is 0 Å². The summed E-state index contributed by atoms with van der Waals surface area (Å²) in [5, 5.41) is 8.43. The molecule has 0 heterocycles. The van der Waals surface area contributed by atoms with Crippen molar-refractivity contribution in [2.45, 2.75) is 13.3 Å². The molecule has 15 heavy (non-hydrogen) atoms. The molecular formula is C8H14N2O4S. The van der Waals surface area contributed by atoms with Gasteiger partial charge >= 0.3 is 5.97 Å². The van der Waals surface area contributed by atoms with Crippen molar-refractivity contribution in [2.75, 3.05) is 19.4 Å². The second kappa shape index (κ2) is 6.37. The molecule has 0 rings (SSSR count). The minimum absolute atomic E-state index is 0.0556. The molecule has 0 aromatic carbocycles. The van der Waals surface area contributed by atoms with Crippen molar-refractivity contribution in [1.29, 1.82) is 5.26 Å². The Balaban J connectivity index is 3.99. The SMILES string of the molecule is COC(=O)CCS(=O)(=O)NCC(C)C#N. The van der Waals surface area contributed by atoms with Gasteiger partial charge in [-0.2, -0.15) is 5.26 Å². The smallest absolute Gasteiger partial charge is 0.306 e. The minimum Gasteiger partial charge on any atom is -0.469 e. The topological polar surface area (TPSA) is 96.3 Å². The number of nitrogens with zero attached hydrogens (tertiary/aromatic N) is 1. The van der Waals surface area contributed by atoms with E-state index in [4.69, 9.17) is 5.26 Å². The summed E-state index contributed by atoms with van der Waals surface area (Å²) in [5.74, 6) is -1.29. The molecule has 0 saturated carbocycles. The second-order valence-corrected chi connectivity index (χ2v) is 4.95. The number of nitrogens with one attached hydrogen (secondary N) is 1. The van der Waals surface area contributed by atoms with E-state index in [1.165, 1.54) is 7.11 Å². The first-order valence-electron chi connectivity index (χ1n) is 4.35. The van der Waals surface area contributed by atoms with Gasteiger partial charge in [0.15, 0.2) is 0 Å². The van der Waals surface area contributed by atoms with Gasteiger partial charge in [0.2, 0.25) is 10.0 Å². The lowest BCUT2D eigenvalue weighted by atomic mass is 10.2. The Bertz CT molecular complexity index is 344. The van der Waals surface area contributed by atoms with Crippen molar-refractivity contribution in [3.8, 4) is 6.07 Å². The number of sulfonamides is 1. The van der Waals surface area contributed by atoms with E-state index in [0.717, 1.165) is 0 Å². The van der Waals surface area contributed by atoms with Gasteiger partial charge in [-0.05, 0) is 6.92 Å². The van der Waals surface area contributed by atoms with Crippen molar-refractivity contribution < 1.29 is 17.9 Å². The Labute approximate surface area is 89.3 Å². The average molecular weight is 234 g/mol. The molecule has 0 aromatic rings. The van der Waals surface area contributed by atoms with Crippen molar-refractivity contribution in [2.24, 2.45) is 5.92 Å². The Kier molecular flexibility index (Phi) is 5.89. The van der Waals surface area contributed by atoms with Gasteiger partial charge in [0.05, 0.1) is 31.3 Å². The molecule has 1 N–H and O–H groups in total. The zero-order valence-electron chi connectivity index (χ0n) is 8.69. The van der Waals surface area contributed by atoms with Gasteiger partial charge in [-0.3, -0.25) is 4.79 Å². The third-order valence-corrected chi connectivity index (χ3v) is 2.98. The maximum Gasteiger partial charge on any atom is 0.306 e. The van der Waals surface area contributed by atoms with Crippen molar-refractivity contribution in [1.82, 2.24) is 4.72 Å². The van der Waals surface area contributed by atoms with E-state index in [-0.39, 0.29) is 18.7 Å². The highest BCUT2D eigenvalue weighted by atomic mass is 32.2. The number of carbonyl (C=O) groups excluding carboxylic acids is 1. The summed E-state index contributed by atoms with van der Waals surface area (Å²) in [7, 11) is -2.30. The van der Waals surface area contributed by atoms with Crippen LogP contribution in [0.25, 0.3) is 0 Å². The monoisotopic (exact) mass is 234 g/mol. The van der Waals surface area contributed by atoms with Crippen molar-refractivity contribution >= 4 is 16.0 Å². The van der Waals surface area contributed by atoms with E-state index in [9.17, 15) is 13.2 Å². The average Bonchev–Trinajstić information content (AvgIpc) is 2.22. The predicted octanol–water partition coefficient (Wildman–Crippen LogP) is -0.371. The van der Waals surface area contributed by atoms with Crippen LogP contribution in [0.5, 0.6) is 0 Å². The first-order valence-corrected chi connectivity index (χ1v) is 6.00. The number of hydrogen-bond acceptors (Lipinski definition) is 5. The zero-order chi connectivity index (χ0) is 11.9. The maximum absolute atomic E-state index is 11.2. The normalized spacial score (nSPS) is 12.9. The number of hydrogen-bond donors (Lipinski definition) is 1. The van der Waals surface area contributed by atoms with Gasteiger partial charge in [0.1, 0.15) is 0 Å². The first-order chi connectivity index (χ1) is 6.91. The van der Waals surface area contributed by atoms with E-state index >= 15 is 0 Å². The third kappa shape index (κ3) is 6.88. The van der Waals surface area contributed by atoms with E-state index in [1.54, 1.807) is 6.92 Å². The number of nitriles is 1. The lowest BCUT2D eigenvalue weighted by Gasteiger charge is -2.06. The summed E-state index contributed by atoms with van der Waals surface area (Å²) >= 11 is 0. The number of rotatable bonds is 6. The van der Waals surface area contributed by atoms with Crippen LogP contribution < -0.4 is 4.72 Å². The van der Waals surface area contributed by atoms with Crippen LogP contribution in [0.3, 0.4) is 0 Å². The number of ether oxygens (including phenoxy) is 1. The molecule has 1 atom stereocenters. The molecular weight excluding hydrogens is 220 g/mol. The number of methoxy groups -OCH3 is 1. The standard InChI is InChI=1S/C8H14N2O4S/c1-7(5-9)6-10-15(12,13)4-3-8(11)14-2/h7,10H,3-4,6H2,1-2H3. The lowest BCUT2D eigenvalue weighted by molar-refractivity contribution is -0.140. The quantitative estimate of drug-likeness (QED) is 0.632. The summed E-state index contributed by atoms with van der Waals surface area (Å²) in [6.07, 6.45) is -0.188. The van der Waals surface area contributed by atoms with Gasteiger partial charge in [0.25, 0.3) is 0 Å². The Morgan fingerprint density at radius 1 is 1.60 bits per heavy atom. The Hall–Kier alpha value is -1.13. The van der Waals surface area contributed by atoms with Crippen molar-refractivity contribution in [3.05, 3.63) is 0 Å². The number of esters is 1. The summed E-state index contributed by atoms with van der Waals surface area (Å²) < 4.78 is 29.0. The molecule has 86 valence electrons. The van der Waals surface area contributed by atoms with Gasteiger partial charge < -0.3 is 4.74 Å². The van der Waals surface area contributed by atoms with Crippen LogP contribution in [0.1, 0.15) is 13.3 Å². The van der Waals surface area contributed by atoms with E-state index in [1.807, 2.05) is 6.07 Å². The van der Waals surface area contributed by atoms with Crippen LogP contribution in [0.2, 0.25) is 0 Å². The summed E-state index contributed by atoms with van der Waals surface area (Å²) in [6, 6.07) is 1.89. The van der Waals surface area contributed by atoms with Gasteiger partial charge in [-0.1, -0.05) is 0 Å². The highest BCUT2D eigenvalue weighted by Crippen LogP contribution is 1.95. The Morgan fingerprint density at radius 2 is 2.20 bits per heavy atom. The molecule has 0 aliphatic heterocycles. The molecule has 6 nitrogen and oxygen atoms in total. The minimum atomic E-state index is -3.49. The van der Waals surface area contributed by atoms with Crippen LogP contribution in [-0.2, 0) is 19.6 Å². The third-order valence-electron chi connectivity index (χ3n) is 1.63. The van der Waals surface area contributed by atoms with Crippen LogP contribution >= 0.6 is 0 Å². The molecule has 0 bridgehead atoms. The molecule has 0 aromatic heterocycles. The summed E-state index contributed by atoms with van der Waals surface area (Å²) in [6.45, 7) is 1.66. The van der Waals surface area contributed by atoms with E-state index in [0.29, 0.717) is 0 Å². The second-order valence-electron chi connectivity index (χ2n) is 3.02. The molecule has 0 amide bonds. The summed E-state index contributed by atoms with van der Waals surface area (Å²) in [4.78, 5) is 10.7. The highest BCUT2D eigenvalue weighted by molar-refractivity contribution is 7.89. The maximum atomic E-state index is 11.2. The summed E-state index contributed by atoms with van der Waals surface area (Å²) in [5.41, 5.74) is 0. The molecule has 0 spiro atoms. The molecule has 0 saturated heterocycles. The first kappa shape index (κ1) is 13.9. The molecule has 1 unspecified atom stereocenters. The molecule has 0 aliphatic carbocycles. The molecule has 0 fully saturated rings. The fourth-order valence-electron chi connectivity index (χ4n) is 0.690. The van der Waals surface area contributed by atoms with Crippen LogP contribution in [0.15, 0.2) is 0 Å². The predicted molar refractivity (Wildman–Crippen MR) is 53.2 cm³/mol.